The van der Waals surface area contributed by atoms with E-state index in [1.807, 2.05) is 26.8 Å². The fraction of sp³-hybridized carbons (Fsp3) is 0.696. The van der Waals surface area contributed by atoms with Gasteiger partial charge in [-0.1, -0.05) is 19.9 Å². The standard InChI is InChI=1S/C23H34BNO5/c1-22(2,3)30-21(26)25-19-12-16(24-28-13-23(4,5)14-29-24)11-18-17(15-8-9-15)7-6-10-27-20(18)19/h11-12,15,17H,6-10,13-14H2,1-5H3,(H,25,26). The average molecular weight is 415 g/mol. The molecule has 0 bridgehead atoms. The molecule has 2 fully saturated rings. The molecule has 1 aromatic carbocycles. The maximum absolute atomic E-state index is 12.5. The number of hydrogen-bond donors (Lipinski definition) is 1. The van der Waals surface area contributed by atoms with Gasteiger partial charge in [-0.25, -0.2) is 4.79 Å². The molecule has 1 amide bonds. The lowest BCUT2D eigenvalue weighted by atomic mass is 9.73. The lowest BCUT2D eigenvalue weighted by Gasteiger charge is -2.33. The Morgan fingerprint density at radius 2 is 1.87 bits per heavy atom. The fourth-order valence-electron chi connectivity index (χ4n) is 4.26. The average Bonchev–Trinajstić information content (AvgIpc) is 3.46. The molecule has 0 aromatic heterocycles. The summed E-state index contributed by atoms with van der Waals surface area (Å²) in [6.45, 7) is 11.7. The minimum absolute atomic E-state index is 0.000554. The summed E-state index contributed by atoms with van der Waals surface area (Å²) in [5, 5.41) is 2.93. The van der Waals surface area contributed by atoms with Crippen LogP contribution in [0.15, 0.2) is 12.1 Å². The zero-order valence-electron chi connectivity index (χ0n) is 18.9. The van der Waals surface area contributed by atoms with Crippen molar-refractivity contribution < 1.29 is 23.6 Å². The highest BCUT2D eigenvalue weighted by molar-refractivity contribution is 6.61. The Bertz CT molecular complexity index is 790. The van der Waals surface area contributed by atoms with Crippen molar-refractivity contribution in [1.82, 2.24) is 0 Å². The largest absolute Gasteiger partial charge is 0.493 e. The Morgan fingerprint density at radius 3 is 2.50 bits per heavy atom. The van der Waals surface area contributed by atoms with E-state index in [4.69, 9.17) is 18.8 Å². The van der Waals surface area contributed by atoms with E-state index in [2.05, 4.69) is 25.2 Å². The van der Waals surface area contributed by atoms with Crippen molar-refractivity contribution in [1.29, 1.82) is 0 Å². The Kier molecular flexibility index (Phi) is 5.79. The smallest absolute Gasteiger partial charge is 0.491 e. The molecule has 4 rings (SSSR count). The van der Waals surface area contributed by atoms with Gasteiger partial charge in [0, 0.05) is 18.6 Å². The van der Waals surface area contributed by atoms with Crippen LogP contribution in [0.2, 0.25) is 0 Å². The van der Waals surface area contributed by atoms with Crippen molar-refractivity contribution in [2.75, 3.05) is 25.1 Å². The van der Waals surface area contributed by atoms with E-state index in [0.29, 0.717) is 37.3 Å². The second-order valence-corrected chi connectivity index (χ2v) is 10.7. The van der Waals surface area contributed by atoms with Gasteiger partial charge < -0.3 is 18.8 Å². The Hall–Kier alpha value is -1.73. The highest BCUT2D eigenvalue weighted by Crippen LogP contribution is 2.50. The van der Waals surface area contributed by atoms with Crippen LogP contribution in [0.4, 0.5) is 10.5 Å². The van der Waals surface area contributed by atoms with E-state index in [0.717, 1.165) is 29.6 Å². The number of carbonyl (C=O) groups excluding carboxylic acids is 1. The molecule has 1 atom stereocenters. The maximum Gasteiger partial charge on any atom is 0.493 e. The predicted octanol–water partition coefficient (Wildman–Crippen LogP) is 4.47. The molecule has 0 spiro atoms. The summed E-state index contributed by atoms with van der Waals surface area (Å²) < 4.78 is 23.7. The van der Waals surface area contributed by atoms with Crippen LogP contribution < -0.4 is 15.5 Å². The number of anilines is 1. The van der Waals surface area contributed by atoms with Crippen molar-refractivity contribution in [3.63, 3.8) is 0 Å². The SMILES string of the molecule is CC1(C)COB(c2cc(NC(=O)OC(C)(C)C)c3c(c2)C(C2CC2)CCCO3)OC1. The lowest BCUT2D eigenvalue weighted by molar-refractivity contribution is 0.0343. The Balaban J connectivity index is 1.68. The van der Waals surface area contributed by atoms with Crippen LogP contribution >= 0.6 is 0 Å². The third-order valence-electron chi connectivity index (χ3n) is 5.80. The fourth-order valence-corrected chi connectivity index (χ4v) is 4.26. The summed E-state index contributed by atoms with van der Waals surface area (Å²) in [7, 11) is -0.439. The van der Waals surface area contributed by atoms with Gasteiger partial charge in [0.1, 0.15) is 11.4 Å². The molecule has 6 nitrogen and oxygen atoms in total. The summed E-state index contributed by atoms with van der Waals surface area (Å²) in [6.07, 6.45) is 4.15. The minimum atomic E-state index is -0.572. The molecule has 2 heterocycles. The molecule has 1 unspecified atom stereocenters. The van der Waals surface area contributed by atoms with Gasteiger partial charge in [-0.2, -0.15) is 0 Å². The van der Waals surface area contributed by atoms with Crippen molar-refractivity contribution in [3.8, 4) is 5.75 Å². The first-order valence-corrected chi connectivity index (χ1v) is 11.2. The first kappa shape index (κ1) is 21.5. The van der Waals surface area contributed by atoms with E-state index in [1.54, 1.807) is 0 Å². The zero-order valence-corrected chi connectivity index (χ0v) is 18.9. The van der Waals surface area contributed by atoms with Crippen LogP contribution in [0.3, 0.4) is 0 Å². The molecule has 1 N–H and O–H groups in total. The maximum atomic E-state index is 12.5. The van der Waals surface area contributed by atoms with Crippen molar-refractivity contribution in [2.45, 2.75) is 71.8 Å². The van der Waals surface area contributed by atoms with Crippen LogP contribution in [0.5, 0.6) is 5.75 Å². The number of rotatable bonds is 3. The highest BCUT2D eigenvalue weighted by Gasteiger charge is 2.39. The molecule has 1 aliphatic carbocycles. The first-order chi connectivity index (χ1) is 14.1. The second-order valence-electron chi connectivity index (χ2n) is 10.7. The molecule has 1 saturated carbocycles. The number of ether oxygens (including phenoxy) is 2. The number of nitrogens with one attached hydrogen (secondary N) is 1. The van der Waals surface area contributed by atoms with Gasteiger partial charge in [-0.15, -0.1) is 0 Å². The summed E-state index contributed by atoms with van der Waals surface area (Å²) in [5.74, 6) is 1.92. The minimum Gasteiger partial charge on any atom is -0.491 e. The molecule has 164 valence electrons. The molecule has 3 aliphatic rings. The van der Waals surface area contributed by atoms with Crippen molar-refractivity contribution in [2.24, 2.45) is 11.3 Å². The van der Waals surface area contributed by atoms with Crippen LogP contribution in [0.1, 0.15) is 71.8 Å². The molecule has 1 saturated heterocycles. The van der Waals surface area contributed by atoms with E-state index >= 15 is 0 Å². The molecular weight excluding hydrogens is 381 g/mol. The quantitative estimate of drug-likeness (QED) is 0.738. The summed E-state index contributed by atoms with van der Waals surface area (Å²) in [4.78, 5) is 12.5. The van der Waals surface area contributed by atoms with Crippen LogP contribution in [0.25, 0.3) is 0 Å². The molecule has 0 radical (unpaired) electrons. The molecule has 2 aliphatic heterocycles. The number of carbonyl (C=O) groups is 1. The molecule has 1 aromatic rings. The van der Waals surface area contributed by atoms with E-state index in [9.17, 15) is 4.79 Å². The molecular formula is C23H34BNO5. The zero-order chi connectivity index (χ0) is 21.5. The summed E-state index contributed by atoms with van der Waals surface area (Å²) in [6, 6.07) is 4.09. The molecule has 7 heteroatoms. The predicted molar refractivity (Wildman–Crippen MR) is 118 cm³/mol. The molecule has 30 heavy (non-hydrogen) atoms. The van der Waals surface area contributed by atoms with Crippen LogP contribution in [-0.2, 0) is 14.0 Å². The number of benzene rings is 1. The van der Waals surface area contributed by atoms with Gasteiger partial charge in [0.25, 0.3) is 0 Å². The number of fused-ring (bicyclic) bond motifs is 1. The van der Waals surface area contributed by atoms with Gasteiger partial charge in [-0.05, 0) is 75.4 Å². The Morgan fingerprint density at radius 1 is 1.17 bits per heavy atom. The third kappa shape index (κ3) is 5.12. The van der Waals surface area contributed by atoms with Crippen LogP contribution in [0, 0.1) is 11.3 Å². The van der Waals surface area contributed by atoms with Crippen LogP contribution in [-0.4, -0.2) is 38.6 Å². The second kappa shape index (κ2) is 8.08. The third-order valence-corrected chi connectivity index (χ3v) is 5.80. The van der Waals surface area contributed by atoms with Gasteiger partial charge in [0.05, 0.1) is 12.3 Å². The normalized spacial score (nSPS) is 23.8. The van der Waals surface area contributed by atoms with E-state index < -0.39 is 18.8 Å². The number of hydrogen-bond acceptors (Lipinski definition) is 5. The first-order valence-electron chi connectivity index (χ1n) is 11.2. The van der Waals surface area contributed by atoms with Crippen molar-refractivity contribution in [3.05, 3.63) is 17.7 Å². The van der Waals surface area contributed by atoms with Gasteiger partial charge in [0.15, 0.2) is 0 Å². The Labute approximate surface area is 180 Å². The lowest BCUT2D eigenvalue weighted by Crippen LogP contribution is -2.47. The summed E-state index contributed by atoms with van der Waals surface area (Å²) in [5.41, 5.74) is 2.15. The van der Waals surface area contributed by atoms with Gasteiger partial charge >= 0.3 is 13.2 Å². The highest BCUT2D eigenvalue weighted by atomic mass is 16.6. The van der Waals surface area contributed by atoms with Crippen molar-refractivity contribution >= 4 is 24.4 Å². The van der Waals surface area contributed by atoms with E-state index in [-0.39, 0.29) is 5.41 Å². The van der Waals surface area contributed by atoms with Gasteiger partial charge in [0.2, 0.25) is 0 Å². The topological polar surface area (TPSA) is 66.0 Å². The van der Waals surface area contributed by atoms with E-state index in [1.165, 1.54) is 12.8 Å². The number of amides is 1. The monoisotopic (exact) mass is 415 g/mol. The summed E-state index contributed by atoms with van der Waals surface area (Å²) >= 11 is 0. The van der Waals surface area contributed by atoms with Gasteiger partial charge in [-0.3, -0.25) is 5.32 Å².